The van der Waals surface area contributed by atoms with Crippen molar-refractivity contribution in [2.24, 2.45) is 40.9 Å². The first kappa shape index (κ1) is 46.3. The van der Waals surface area contributed by atoms with E-state index in [0.29, 0.717) is 28.5 Å². The summed E-state index contributed by atoms with van der Waals surface area (Å²) < 4.78 is 0. The predicted molar refractivity (Wildman–Crippen MR) is 212 cm³/mol. The number of hydrogen-bond donors (Lipinski definition) is 3. The van der Waals surface area contributed by atoms with Crippen LogP contribution in [0.15, 0.2) is 156 Å². The molecular formula is C40H28N12Na2O8. The monoisotopic (exact) mass is 850 g/mol. The van der Waals surface area contributed by atoms with Gasteiger partial charge < -0.3 is 31.2 Å². The molecule has 2 atom stereocenters. The average molecular weight is 851 g/mol. The standard InChI is InChI=1S/C40H30N12O8.2Na/c1-21-33(37(55)51(49-21)29-6-2-4-23(41)18-29)47-46-27-5-3-7-30(19-27)52-38(56)34(35(50-52)40(59)60)48-44-25-10-8-22(9-11-25)36(54)42-24-12-14-26(15-13-24)43-45-28-16-17-32(53)31(20-28)39(57)58;;/h2-20,33-34,53H,41H2,1H3,(H,42,54)(H,57,58)(H,59,60);;/q;2*+1/p-2. The minimum atomic E-state index is -1.62. The molecule has 2 aliphatic heterocycles. The molecule has 3 amide bonds. The van der Waals surface area contributed by atoms with Gasteiger partial charge in [-0.3, -0.25) is 14.4 Å². The molecule has 0 saturated heterocycles. The van der Waals surface area contributed by atoms with Crippen molar-refractivity contribution in [1.82, 2.24) is 0 Å². The first-order valence-electron chi connectivity index (χ1n) is 17.6. The van der Waals surface area contributed by atoms with Gasteiger partial charge in [0, 0.05) is 16.9 Å². The molecule has 7 rings (SSSR count). The summed E-state index contributed by atoms with van der Waals surface area (Å²) in [4.78, 5) is 62.7. The number of nitrogens with zero attached hydrogens (tertiary/aromatic N) is 10. The van der Waals surface area contributed by atoms with E-state index in [1.807, 2.05) is 0 Å². The molecule has 2 unspecified atom stereocenters. The average Bonchev–Trinajstić information content (AvgIpc) is 3.73. The van der Waals surface area contributed by atoms with Gasteiger partial charge in [-0.05, 0) is 110 Å². The van der Waals surface area contributed by atoms with Crippen LogP contribution in [0.5, 0.6) is 5.75 Å². The van der Waals surface area contributed by atoms with E-state index < -0.39 is 58.8 Å². The number of amides is 3. The van der Waals surface area contributed by atoms with Crippen molar-refractivity contribution in [3.05, 3.63) is 126 Å². The molecule has 4 N–H and O–H groups in total. The third-order valence-corrected chi connectivity index (χ3v) is 8.71. The summed E-state index contributed by atoms with van der Waals surface area (Å²) >= 11 is 0. The zero-order valence-corrected chi connectivity index (χ0v) is 37.0. The molecule has 2 heterocycles. The Morgan fingerprint density at radius 1 is 0.694 bits per heavy atom. The second kappa shape index (κ2) is 20.2. The quantitative estimate of drug-likeness (QED) is 0.0803. The number of carboxylic acids is 2. The molecule has 0 aromatic heterocycles. The maximum Gasteiger partial charge on any atom is 1.00 e. The number of carbonyl (C=O) groups is 5. The maximum absolute atomic E-state index is 13.5. The number of benzene rings is 5. The summed E-state index contributed by atoms with van der Waals surface area (Å²) in [5, 5.41) is 69.9. The summed E-state index contributed by atoms with van der Waals surface area (Å²) in [6.45, 7) is 1.64. The molecular weight excluding hydrogens is 822 g/mol. The zero-order valence-electron chi connectivity index (χ0n) is 33.0. The van der Waals surface area contributed by atoms with Gasteiger partial charge in [-0.1, -0.05) is 23.9 Å². The first-order chi connectivity index (χ1) is 28.8. The van der Waals surface area contributed by atoms with Gasteiger partial charge in [-0.15, -0.1) is 0 Å². The van der Waals surface area contributed by atoms with Crippen LogP contribution in [0.3, 0.4) is 0 Å². The molecule has 0 bridgehead atoms. The number of carbonyl (C=O) groups excluding carboxylic acids is 4. The molecule has 22 heteroatoms. The number of aromatic carboxylic acids is 1. The summed E-state index contributed by atoms with van der Waals surface area (Å²) in [6, 6.07) is 25.6. The molecule has 5 aromatic carbocycles. The maximum atomic E-state index is 13.5. The van der Waals surface area contributed by atoms with Crippen molar-refractivity contribution in [2.75, 3.05) is 21.1 Å². The van der Waals surface area contributed by atoms with Crippen molar-refractivity contribution < 1.29 is 98.4 Å². The number of aliphatic carboxylic acids is 1. The molecule has 0 aliphatic carbocycles. The molecule has 0 saturated carbocycles. The van der Waals surface area contributed by atoms with E-state index in [2.05, 4.69) is 46.2 Å². The van der Waals surface area contributed by atoms with E-state index >= 15 is 0 Å². The van der Waals surface area contributed by atoms with Gasteiger partial charge in [0.05, 0.1) is 45.8 Å². The van der Waals surface area contributed by atoms with Crippen LogP contribution in [-0.2, 0) is 14.4 Å². The minimum absolute atomic E-state index is 0. The molecule has 0 fully saturated rings. The number of hydrazone groups is 2. The zero-order chi connectivity index (χ0) is 42.5. The largest absolute Gasteiger partial charge is 1.00 e. The summed E-state index contributed by atoms with van der Waals surface area (Å²) in [7, 11) is 0. The topological polar surface area (TPSA) is 295 Å². The normalized spacial score (nSPS) is 16.0. The van der Waals surface area contributed by atoms with E-state index in [0.717, 1.165) is 17.1 Å². The van der Waals surface area contributed by atoms with Crippen LogP contribution in [0.25, 0.3) is 0 Å². The van der Waals surface area contributed by atoms with E-state index in [-0.39, 0.29) is 87.4 Å². The Hall–Kier alpha value is -6.81. The van der Waals surface area contributed by atoms with Gasteiger partial charge in [0.15, 0.2) is 11.8 Å². The fourth-order valence-electron chi connectivity index (χ4n) is 5.71. The van der Waals surface area contributed by atoms with Crippen molar-refractivity contribution in [3.8, 4) is 5.75 Å². The summed E-state index contributed by atoms with van der Waals surface area (Å²) in [5.74, 6) is -5.53. The second-order valence-electron chi connectivity index (χ2n) is 12.9. The van der Waals surface area contributed by atoms with Crippen LogP contribution in [0, 0.1) is 0 Å². The summed E-state index contributed by atoms with van der Waals surface area (Å²) in [5.41, 5.74) is 7.87. The Bertz CT molecular complexity index is 2730. The number of azo groups is 3. The number of hydrogen-bond acceptors (Lipinski definition) is 16. The molecule has 5 aromatic rings. The van der Waals surface area contributed by atoms with Gasteiger partial charge in [0.1, 0.15) is 0 Å². The number of anilines is 4. The fourth-order valence-corrected chi connectivity index (χ4v) is 5.71. The number of carboxylic acid groups (broad SMARTS) is 2. The Morgan fingerprint density at radius 2 is 1.24 bits per heavy atom. The Balaban J connectivity index is 0.00000363. The number of rotatable bonds is 12. The van der Waals surface area contributed by atoms with E-state index in [1.165, 1.54) is 47.5 Å². The smallest absolute Gasteiger partial charge is 0.872 e. The Labute approximate surface area is 395 Å². The third kappa shape index (κ3) is 10.5. The fraction of sp³-hybridized carbons (Fsp3) is 0.0750. The van der Waals surface area contributed by atoms with Gasteiger partial charge in [0.25, 0.3) is 17.7 Å². The first-order valence-corrected chi connectivity index (χ1v) is 17.6. The SMILES string of the molecule is CC1=NN(c2cccc(N)c2)C(=O)C1N=Nc1cccc(N2N=C(C(=O)O)C(N=Nc3ccc(C(=O)Nc4ccc(N=Nc5ccc([O-])c(C(=O)[O-])c5)cc4)cc3)C2=O)c1.[Na+].[Na+]. The van der Waals surface area contributed by atoms with Crippen LogP contribution in [0.4, 0.5) is 45.5 Å². The van der Waals surface area contributed by atoms with E-state index in [4.69, 9.17) is 5.73 Å². The van der Waals surface area contributed by atoms with Crippen molar-refractivity contribution in [3.63, 3.8) is 0 Å². The molecule has 62 heavy (non-hydrogen) atoms. The number of nitrogens with one attached hydrogen (secondary N) is 1. The Morgan fingerprint density at radius 3 is 1.92 bits per heavy atom. The van der Waals surface area contributed by atoms with Gasteiger partial charge in [-0.2, -0.15) is 50.9 Å². The third-order valence-electron chi connectivity index (χ3n) is 8.71. The van der Waals surface area contributed by atoms with E-state index in [1.54, 1.807) is 67.6 Å². The number of nitrogen functional groups attached to an aromatic ring is 1. The molecule has 20 nitrogen and oxygen atoms in total. The van der Waals surface area contributed by atoms with Gasteiger partial charge in [-0.25, -0.2) is 4.79 Å². The van der Waals surface area contributed by atoms with Crippen LogP contribution in [0.2, 0.25) is 0 Å². The Kier molecular flexibility index (Phi) is 15.0. The molecule has 298 valence electrons. The second-order valence-corrected chi connectivity index (χ2v) is 12.9. The van der Waals surface area contributed by atoms with Crippen LogP contribution >= 0.6 is 0 Å². The summed E-state index contributed by atoms with van der Waals surface area (Å²) in [6.07, 6.45) is 0. The van der Waals surface area contributed by atoms with Crippen LogP contribution < -0.4 is 90.4 Å². The van der Waals surface area contributed by atoms with Crippen LogP contribution in [0.1, 0.15) is 27.6 Å². The number of nitrogens with two attached hydrogens (primary N) is 1. The predicted octanol–water partition coefficient (Wildman–Crippen LogP) is -0.804. The van der Waals surface area contributed by atoms with Crippen LogP contribution in [-0.4, -0.2) is 58.3 Å². The van der Waals surface area contributed by atoms with Gasteiger partial charge in [0.2, 0.25) is 6.04 Å². The minimum Gasteiger partial charge on any atom is -0.872 e. The molecule has 0 spiro atoms. The molecule has 2 aliphatic rings. The van der Waals surface area contributed by atoms with Crippen molar-refractivity contribution in [1.29, 1.82) is 0 Å². The van der Waals surface area contributed by atoms with Crippen molar-refractivity contribution >= 4 is 86.6 Å². The van der Waals surface area contributed by atoms with E-state index in [9.17, 15) is 39.3 Å². The van der Waals surface area contributed by atoms with Gasteiger partial charge >= 0.3 is 65.1 Å². The molecule has 0 radical (unpaired) electrons. The van der Waals surface area contributed by atoms with Crippen molar-refractivity contribution in [2.45, 2.75) is 19.0 Å².